The van der Waals surface area contributed by atoms with E-state index in [1.807, 2.05) is 48.5 Å². The molecule has 0 aliphatic heterocycles. The Kier molecular flexibility index (Phi) is 6.48. The van der Waals surface area contributed by atoms with Crippen LogP contribution in [0.5, 0.6) is 0 Å². The highest BCUT2D eigenvalue weighted by Crippen LogP contribution is 2.35. The van der Waals surface area contributed by atoms with Crippen molar-refractivity contribution in [3.05, 3.63) is 163 Å². The minimum atomic E-state index is 0.620. The molecule has 0 atom stereocenters. The topological polar surface area (TPSA) is 54.5 Å². The summed E-state index contributed by atoms with van der Waals surface area (Å²) in [6.45, 7) is 0. The molecule has 0 unspecified atom stereocenters. The van der Waals surface area contributed by atoms with Gasteiger partial charge in [-0.05, 0) is 59.7 Å². The van der Waals surface area contributed by atoms with Crippen molar-refractivity contribution in [3.8, 4) is 56.8 Å². The lowest BCUT2D eigenvalue weighted by Crippen LogP contribution is -1.96. The first-order valence-corrected chi connectivity index (χ1v) is 14.9. The first-order chi connectivity index (χ1) is 22.2. The van der Waals surface area contributed by atoms with Crippen LogP contribution in [0.4, 0.5) is 0 Å². The molecule has 8 aromatic rings. The molecule has 0 fully saturated rings. The van der Waals surface area contributed by atoms with Crippen LogP contribution in [0.3, 0.4) is 0 Å². The van der Waals surface area contributed by atoms with Crippen LogP contribution in [-0.4, -0.2) is 14.5 Å². The lowest BCUT2D eigenvalue weighted by molar-refractivity contribution is 1.18. The van der Waals surface area contributed by atoms with E-state index in [2.05, 4.69) is 120 Å². The van der Waals surface area contributed by atoms with Gasteiger partial charge in [0.25, 0.3) is 0 Å². The number of para-hydroxylation sites is 2. The van der Waals surface area contributed by atoms with Gasteiger partial charge in [-0.15, -0.1) is 0 Å². The van der Waals surface area contributed by atoms with Gasteiger partial charge >= 0.3 is 0 Å². The van der Waals surface area contributed by atoms with Gasteiger partial charge < -0.3 is 4.57 Å². The normalized spacial score (nSPS) is 11.1. The molecule has 2 aromatic heterocycles. The Bertz CT molecular complexity index is 2350. The van der Waals surface area contributed by atoms with Crippen molar-refractivity contribution < 1.29 is 0 Å². The summed E-state index contributed by atoms with van der Waals surface area (Å²) in [6.07, 6.45) is 0. The smallest absolute Gasteiger partial charge is 0.160 e. The highest BCUT2D eigenvalue weighted by atomic mass is 15.0. The number of rotatable bonds is 5. The fourth-order valence-electron chi connectivity index (χ4n) is 6.02. The summed E-state index contributed by atoms with van der Waals surface area (Å²) in [4.78, 5) is 9.94. The third kappa shape index (κ3) is 4.83. The fraction of sp³-hybridized carbons (Fsp3) is 0. The summed E-state index contributed by atoms with van der Waals surface area (Å²) in [7, 11) is 0. The van der Waals surface area contributed by atoms with E-state index in [0.29, 0.717) is 11.4 Å². The Labute approximate surface area is 261 Å². The molecule has 0 aliphatic rings. The minimum absolute atomic E-state index is 0.620. The molecule has 6 aromatic carbocycles. The molecule has 0 amide bonds. The zero-order chi connectivity index (χ0) is 30.2. The zero-order valence-corrected chi connectivity index (χ0v) is 24.3. The summed E-state index contributed by atoms with van der Waals surface area (Å²) >= 11 is 0. The Hall–Kier alpha value is -6.31. The standard InChI is InChI=1S/C41H26N4/c42-27-28-15-17-31(18-16-28)38-26-37(30-9-3-1-4-10-30)43-41(44-38)32-21-19-29(20-22-32)33-23-24-40-36(25-33)35-13-7-8-14-39(35)45(40)34-11-5-2-6-12-34/h1-26H. The summed E-state index contributed by atoms with van der Waals surface area (Å²) in [6, 6.07) is 56.2. The maximum atomic E-state index is 9.26. The number of nitriles is 1. The van der Waals surface area contributed by atoms with Crippen molar-refractivity contribution in [1.82, 2.24) is 14.5 Å². The third-order valence-corrected chi connectivity index (χ3v) is 8.27. The van der Waals surface area contributed by atoms with Crippen LogP contribution in [0, 0.1) is 11.3 Å². The minimum Gasteiger partial charge on any atom is -0.309 e. The summed E-state index contributed by atoms with van der Waals surface area (Å²) in [5.74, 6) is 0.656. The molecular formula is C41H26N4. The molecule has 8 rings (SSSR count). The van der Waals surface area contributed by atoms with Crippen molar-refractivity contribution in [2.24, 2.45) is 0 Å². The van der Waals surface area contributed by atoms with Crippen LogP contribution < -0.4 is 0 Å². The van der Waals surface area contributed by atoms with Crippen molar-refractivity contribution in [1.29, 1.82) is 5.26 Å². The largest absolute Gasteiger partial charge is 0.309 e. The Morgan fingerprint density at radius 1 is 0.444 bits per heavy atom. The van der Waals surface area contributed by atoms with E-state index in [4.69, 9.17) is 9.97 Å². The van der Waals surface area contributed by atoms with Crippen LogP contribution in [0.1, 0.15) is 5.56 Å². The first kappa shape index (κ1) is 26.3. The van der Waals surface area contributed by atoms with Crippen LogP contribution in [-0.2, 0) is 0 Å². The number of hydrogen-bond donors (Lipinski definition) is 0. The monoisotopic (exact) mass is 574 g/mol. The van der Waals surface area contributed by atoms with Gasteiger partial charge in [-0.25, -0.2) is 9.97 Å². The molecule has 0 saturated carbocycles. The Balaban J connectivity index is 1.20. The molecule has 0 aliphatic carbocycles. The van der Waals surface area contributed by atoms with Crippen LogP contribution in [0.25, 0.3) is 72.5 Å². The molecule has 0 spiro atoms. The number of nitrogens with zero attached hydrogens (tertiary/aromatic N) is 4. The highest BCUT2D eigenvalue weighted by molar-refractivity contribution is 6.10. The van der Waals surface area contributed by atoms with E-state index in [-0.39, 0.29) is 0 Å². The second-order valence-corrected chi connectivity index (χ2v) is 11.0. The molecule has 0 bridgehead atoms. The van der Waals surface area contributed by atoms with Gasteiger partial charge in [-0.2, -0.15) is 5.26 Å². The van der Waals surface area contributed by atoms with Gasteiger partial charge in [-0.3, -0.25) is 0 Å². The fourth-order valence-corrected chi connectivity index (χ4v) is 6.02. The lowest BCUT2D eigenvalue weighted by Gasteiger charge is -2.10. The van der Waals surface area contributed by atoms with Gasteiger partial charge in [0.15, 0.2) is 5.82 Å². The Morgan fingerprint density at radius 2 is 1.00 bits per heavy atom. The highest BCUT2D eigenvalue weighted by Gasteiger charge is 2.14. The molecule has 4 nitrogen and oxygen atoms in total. The molecule has 210 valence electrons. The van der Waals surface area contributed by atoms with Crippen molar-refractivity contribution in [2.45, 2.75) is 0 Å². The molecule has 4 heteroatoms. The molecule has 45 heavy (non-hydrogen) atoms. The van der Waals surface area contributed by atoms with E-state index < -0.39 is 0 Å². The second kappa shape index (κ2) is 11.1. The van der Waals surface area contributed by atoms with Crippen molar-refractivity contribution in [3.63, 3.8) is 0 Å². The van der Waals surface area contributed by atoms with Gasteiger partial charge in [-0.1, -0.05) is 109 Å². The average Bonchev–Trinajstić information content (AvgIpc) is 3.46. The van der Waals surface area contributed by atoms with E-state index >= 15 is 0 Å². The molecule has 2 heterocycles. The van der Waals surface area contributed by atoms with Gasteiger partial charge in [0.2, 0.25) is 0 Å². The van der Waals surface area contributed by atoms with Gasteiger partial charge in [0.1, 0.15) is 0 Å². The third-order valence-electron chi connectivity index (χ3n) is 8.27. The van der Waals surface area contributed by atoms with Crippen LogP contribution in [0.15, 0.2) is 158 Å². The number of fused-ring (bicyclic) bond motifs is 3. The maximum absolute atomic E-state index is 9.26. The van der Waals surface area contributed by atoms with Crippen molar-refractivity contribution in [2.75, 3.05) is 0 Å². The predicted octanol–water partition coefficient (Wildman–Crippen LogP) is 10.1. The van der Waals surface area contributed by atoms with E-state index in [9.17, 15) is 5.26 Å². The average molecular weight is 575 g/mol. The molecule has 0 saturated heterocycles. The van der Waals surface area contributed by atoms with Crippen LogP contribution >= 0.6 is 0 Å². The molecule has 0 N–H and O–H groups in total. The van der Waals surface area contributed by atoms with Gasteiger partial charge in [0.05, 0.1) is 34.1 Å². The van der Waals surface area contributed by atoms with Crippen LogP contribution in [0.2, 0.25) is 0 Å². The van der Waals surface area contributed by atoms with E-state index in [0.717, 1.165) is 44.9 Å². The van der Waals surface area contributed by atoms with E-state index in [1.165, 1.54) is 21.8 Å². The predicted molar refractivity (Wildman–Crippen MR) is 183 cm³/mol. The summed E-state index contributed by atoms with van der Waals surface area (Å²) < 4.78 is 2.33. The number of benzene rings is 6. The summed E-state index contributed by atoms with van der Waals surface area (Å²) in [5, 5.41) is 11.7. The van der Waals surface area contributed by atoms with E-state index in [1.54, 1.807) is 0 Å². The van der Waals surface area contributed by atoms with Gasteiger partial charge in [0, 0.05) is 33.2 Å². The number of hydrogen-bond acceptors (Lipinski definition) is 3. The molecule has 0 radical (unpaired) electrons. The maximum Gasteiger partial charge on any atom is 0.160 e. The first-order valence-electron chi connectivity index (χ1n) is 14.9. The SMILES string of the molecule is N#Cc1ccc(-c2cc(-c3ccccc3)nc(-c3ccc(-c4ccc5c(c4)c4ccccc4n5-c4ccccc4)cc3)n2)cc1. The summed E-state index contributed by atoms with van der Waals surface area (Å²) in [5.41, 5.74) is 11.0. The van der Waals surface area contributed by atoms with Crippen molar-refractivity contribution >= 4 is 21.8 Å². The number of aromatic nitrogens is 3. The second-order valence-electron chi connectivity index (χ2n) is 11.0. The molecular weight excluding hydrogens is 548 g/mol. The zero-order valence-electron chi connectivity index (χ0n) is 24.3. The lowest BCUT2D eigenvalue weighted by atomic mass is 10.0. The quantitative estimate of drug-likeness (QED) is 0.205. The Morgan fingerprint density at radius 3 is 1.71 bits per heavy atom.